The summed E-state index contributed by atoms with van der Waals surface area (Å²) in [6.45, 7) is 0. The zero-order valence-corrected chi connectivity index (χ0v) is 24.9. The summed E-state index contributed by atoms with van der Waals surface area (Å²) in [5.41, 5.74) is 1.09. The molecule has 3 aromatic rings. The number of rotatable bonds is 8. The van der Waals surface area contributed by atoms with Gasteiger partial charge in [0, 0.05) is 60.2 Å². The van der Waals surface area contributed by atoms with Gasteiger partial charge in [0.1, 0.15) is 11.9 Å². The van der Waals surface area contributed by atoms with Gasteiger partial charge in [-0.2, -0.15) is 10.5 Å². The Balaban J connectivity index is 1.54. The summed E-state index contributed by atoms with van der Waals surface area (Å²) in [6, 6.07) is 17.3. The summed E-state index contributed by atoms with van der Waals surface area (Å²) >= 11 is 6.60. The number of aromatic nitrogens is 1. The number of benzene rings is 2. The molecular weight excluding hydrogens is 602 g/mol. The monoisotopic (exact) mass is 630 g/mol. The molecule has 1 aliphatic carbocycles. The molecule has 3 amide bonds. The van der Waals surface area contributed by atoms with Crippen molar-refractivity contribution >= 4 is 40.8 Å². The molecule has 1 aromatic heterocycles. The molecule has 9 nitrogen and oxygen atoms in total. The molecule has 2 aromatic carbocycles. The third-order valence-electron chi connectivity index (χ3n) is 8.15. The van der Waals surface area contributed by atoms with Crippen molar-refractivity contribution in [2.45, 2.75) is 69.0 Å². The van der Waals surface area contributed by atoms with Gasteiger partial charge < -0.3 is 5.32 Å². The van der Waals surface area contributed by atoms with Crippen molar-refractivity contribution in [3.05, 3.63) is 88.6 Å². The number of anilines is 2. The number of nitriles is 2. The Kier molecular flexibility index (Phi) is 9.40. The number of hydrogen-bond acceptors (Lipinski definition) is 6. The Bertz CT molecular complexity index is 1690. The molecular formula is C33H29ClF2N6O3. The van der Waals surface area contributed by atoms with Gasteiger partial charge in [-0.1, -0.05) is 35.9 Å². The number of nitrogens with one attached hydrogen (secondary N) is 1. The van der Waals surface area contributed by atoms with Crippen molar-refractivity contribution in [2.75, 3.05) is 9.80 Å². The average Bonchev–Trinajstić information content (AvgIpc) is 3.40. The first kappa shape index (κ1) is 31.6. The van der Waals surface area contributed by atoms with Crippen molar-refractivity contribution in [3.8, 4) is 12.1 Å². The molecule has 1 saturated carbocycles. The van der Waals surface area contributed by atoms with E-state index in [1.54, 1.807) is 42.5 Å². The van der Waals surface area contributed by atoms with Gasteiger partial charge in [-0.15, -0.1) is 0 Å². The van der Waals surface area contributed by atoms with Crippen LogP contribution in [0.15, 0.2) is 66.9 Å². The number of amides is 3. The van der Waals surface area contributed by atoms with Crippen LogP contribution in [0, 0.1) is 22.7 Å². The third kappa shape index (κ3) is 7.11. The lowest BCUT2D eigenvalue weighted by Crippen LogP contribution is -2.49. The van der Waals surface area contributed by atoms with E-state index in [1.165, 1.54) is 34.2 Å². The lowest BCUT2D eigenvalue weighted by Gasteiger charge is -2.35. The maximum atomic E-state index is 14.4. The number of carbonyl (C=O) groups excluding carboxylic acids is 3. The average molecular weight is 631 g/mol. The Morgan fingerprint density at radius 1 is 1.04 bits per heavy atom. The molecule has 1 aliphatic heterocycles. The van der Waals surface area contributed by atoms with Crippen LogP contribution in [0.5, 0.6) is 0 Å². The highest BCUT2D eigenvalue weighted by Crippen LogP contribution is 2.37. The topological polar surface area (TPSA) is 130 Å². The molecule has 5 rings (SSSR count). The Morgan fingerprint density at radius 2 is 1.76 bits per heavy atom. The van der Waals surface area contributed by atoms with Crippen LogP contribution in [0.4, 0.5) is 20.3 Å². The van der Waals surface area contributed by atoms with Crippen molar-refractivity contribution in [3.63, 3.8) is 0 Å². The number of pyridine rings is 1. The fraction of sp³-hybridized carbons (Fsp3) is 0.333. The minimum atomic E-state index is -2.80. The summed E-state index contributed by atoms with van der Waals surface area (Å²) in [5.74, 6) is -3.97. The van der Waals surface area contributed by atoms with E-state index < -0.39 is 35.9 Å². The van der Waals surface area contributed by atoms with E-state index in [2.05, 4.69) is 10.3 Å². The highest BCUT2D eigenvalue weighted by molar-refractivity contribution is 6.31. The van der Waals surface area contributed by atoms with E-state index in [0.717, 1.165) is 0 Å². The first-order valence-electron chi connectivity index (χ1n) is 14.5. The van der Waals surface area contributed by atoms with Crippen LogP contribution >= 0.6 is 11.6 Å². The van der Waals surface area contributed by atoms with Crippen molar-refractivity contribution < 1.29 is 23.2 Å². The molecule has 2 heterocycles. The summed E-state index contributed by atoms with van der Waals surface area (Å²) in [6.07, 6.45) is 1.08. The van der Waals surface area contributed by atoms with Gasteiger partial charge >= 0.3 is 0 Å². The van der Waals surface area contributed by atoms with Gasteiger partial charge in [-0.25, -0.2) is 13.8 Å². The molecule has 45 heavy (non-hydrogen) atoms. The summed E-state index contributed by atoms with van der Waals surface area (Å²) in [7, 11) is 0. The van der Waals surface area contributed by atoms with Crippen molar-refractivity contribution in [1.82, 2.24) is 10.3 Å². The smallest absolute Gasteiger partial charge is 0.248 e. The van der Waals surface area contributed by atoms with E-state index in [1.807, 2.05) is 12.1 Å². The van der Waals surface area contributed by atoms with Gasteiger partial charge in [0.05, 0.1) is 23.3 Å². The molecule has 12 heteroatoms. The van der Waals surface area contributed by atoms with Gasteiger partial charge in [-0.3, -0.25) is 24.2 Å². The van der Waals surface area contributed by atoms with E-state index in [4.69, 9.17) is 11.6 Å². The number of nitrogens with zero attached hydrogens (tertiary/aromatic N) is 5. The molecule has 2 aliphatic rings. The Hall–Kier alpha value is -4.87. The zero-order valence-electron chi connectivity index (χ0n) is 24.1. The SMILES string of the molecule is N#Cc1cccc(N(C(=O)C[C@@H]2CCC(=O)N2c2cc(C#N)ccn2)[C@H](C(=O)NC2CCC(F)(F)CC2)c2ccccc2Cl)c1. The standard InChI is InChI=1S/C33H29ClF2N6O3/c34-27-7-2-1-6-26(27)31(32(45)40-23-10-13-33(35,36)14-11-23)42(24-5-3-4-21(16-24)19-37)30(44)18-25-8-9-29(43)41(25)28-17-22(20-38)12-15-39-28/h1-7,12,15-17,23,25,31H,8-11,13-14,18H2,(H,40,45)/t25-,31-/m0/s1. The molecule has 0 radical (unpaired) electrons. The third-order valence-corrected chi connectivity index (χ3v) is 8.49. The quantitative estimate of drug-likeness (QED) is 0.333. The van der Waals surface area contributed by atoms with Crippen LogP contribution in [0.2, 0.25) is 5.02 Å². The van der Waals surface area contributed by atoms with E-state index in [9.17, 15) is 33.7 Å². The second-order valence-corrected chi connectivity index (χ2v) is 11.6. The van der Waals surface area contributed by atoms with Crippen LogP contribution in [0.25, 0.3) is 0 Å². The zero-order chi connectivity index (χ0) is 32.1. The normalized spacial score (nSPS) is 18.5. The number of hydrogen-bond donors (Lipinski definition) is 1. The van der Waals surface area contributed by atoms with Gasteiger partial charge in [0.25, 0.3) is 0 Å². The van der Waals surface area contributed by atoms with Crippen LogP contribution < -0.4 is 15.1 Å². The first-order chi connectivity index (χ1) is 21.6. The first-order valence-corrected chi connectivity index (χ1v) is 14.9. The second-order valence-electron chi connectivity index (χ2n) is 11.2. The molecule has 1 saturated heterocycles. The largest absolute Gasteiger partial charge is 0.351 e. The highest BCUT2D eigenvalue weighted by Gasteiger charge is 2.41. The Morgan fingerprint density at radius 3 is 2.47 bits per heavy atom. The molecule has 2 fully saturated rings. The van der Waals surface area contributed by atoms with Crippen LogP contribution in [0.3, 0.4) is 0 Å². The lowest BCUT2D eigenvalue weighted by atomic mass is 9.91. The summed E-state index contributed by atoms with van der Waals surface area (Å²) < 4.78 is 27.8. The molecule has 0 bridgehead atoms. The van der Waals surface area contributed by atoms with Gasteiger partial charge in [-0.05, 0) is 55.7 Å². The van der Waals surface area contributed by atoms with Crippen molar-refractivity contribution in [2.24, 2.45) is 0 Å². The van der Waals surface area contributed by atoms with E-state index >= 15 is 0 Å². The van der Waals surface area contributed by atoms with Gasteiger partial charge in [0.15, 0.2) is 0 Å². The number of alkyl halides is 2. The van der Waals surface area contributed by atoms with E-state index in [0.29, 0.717) is 17.5 Å². The predicted octanol–water partition coefficient (Wildman–Crippen LogP) is 5.83. The molecule has 0 unspecified atom stereocenters. The summed E-state index contributed by atoms with van der Waals surface area (Å²) in [5, 5.41) is 22.1. The molecule has 230 valence electrons. The maximum Gasteiger partial charge on any atom is 0.248 e. The van der Waals surface area contributed by atoms with Crippen LogP contribution in [-0.2, 0) is 14.4 Å². The highest BCUT2D eigenvalue weighted by atomic mass is 35.5. The maximum absolute atomic E-state index is 14.4. The minimum absolute atomic E-state index is 0.0692. The van der Waals surface area contributed by atoms with Crippen LogP contribution in [-0.4, -0.2) is 40.7 Å². The second kappa shape index (κ2) is 13.4. The number of halogens is 3. The van der Waals surface area contributed by atoms with E-state index in [-0.39, 0.29) is 66.5 Å². The van der Waals surface area contributed by atoms with Crippen molar-refractivity contribution in [1.29, 1.82) is 10.5 Å². The van der Waals surface area contributed by atoms with Crippen LogP contribution in [0.1, 0.15) is 67.7 Å². The fourth-order valence-electron chi connectivity index (χ4n) is 5.89. The van der Waals surface area contributed by atoms with Gasteiger partial charge in [0.2, 0.25) is 23.6 Å². The minimum Gasteiger partial charge on any atom is -0.351 e. The molecule has 2 atom stereocenters. The Labute approximate surface area is 264 Å². The number of carbonyl (C=O) groups is 3. The lowest BCUT2D eigenvalue weighted by molar-refractivity contribution is -0.128. The molecule has 1 N–H and O–H groups in total. The summed E-state index contributed by atoms with van der Waals surface area (Å²) in [4.78, 5) is 48.4. The fourth-order valence-corrected chi connectivity index (χ4v) is 6.13. The molecule has 0 spiro atoms. The predicted molar refractivity (Wildman–Crippen MR) is 162 cm³/mol.